The van der Waals surface area contributed by atoms with Gasteiger partial charge in [0.15, 0.2) is 11.5 Å². The Bertz CT molecular complexity index is 707. The molecule has 0 bridgehead atoms. The minimum atomic E-state index is 0. The van der Waals surface area contributed by atoms with E-state index in [2.05, 4.69) is 15.5 Å². The van der Waals surface area contributed by atoms with Gasteiger partial charge >= 0.3 is 0 Å². The molecule has 1 N–H and O–H groups in total. The van der Waals surface area contributed by atoms with Crippen LogP contribution in [-0.4, -0.2) is 30.4 Å². The van der Waals surface area contributed by atoms with Crippen LogP contribution in [0.4, 0.5) is 0 Å². The average Bonchev–Trinajstić information content (AvgIpc) is 3.27. The van der Waals surface area contributed by atoms with Gasteiger partial charge in [-0.05, 0) is 43.4 Å². The molecule has 136 valence electrons. The van der Waals surface area contributed by atoms with E-state index in [9.17, 15) is 0 Å². The Morgan fingerprint density at radius 3 is 2.68 bits per heavy atom. The highest BCUT2D eigenvalue weighted by molar-refractivity contribution is 5.85. The fourth-order valence-electron chi connectivity index (χ4n) is 3.98. The van der Waals surface area contributed by atoms with Crippen molar-refractivity contribution >= 4 is 12.4 Å². The van der Waals surface area contributed by atoms with Gasteiger partial charge in [0.2, 0.25) is 11.7 Å². The van der Waals surface area contributed by atoms with Crippen molar-refractivity contribution < 1.29 is 14.0 Å². The molecule has 0 radical (unpaired) electrons. The predicted octanol–water partition coefficient (Wildman–Crippen LogP) is 3.77. The van der Waals surface area contributed by atoms with Crippen LogP contribution in [0.15, 0.2) is 22.7 Å². The van der Waals surface area contributed by atoms with Crippen LogP contribution < -0.4 is 14.8 Å². The molecule has 2 aromatic rings. The van der Waals surface area contributed by atoms with E-state index in [1.165, 1.54) is 25.7 Å². The molecule has 1 aliphatic carbocycles. The van der Waals surface area contributed by atoms with E-state index < -0.39 is 0 Å². The second kappa shape index (κ2) is 7.62. The van der Waals surface area contributed by atoms with Gasteiger partial charge in [-0.1, -0.05) is 18.0 Å². The molecule has 1 aromatic heterocycles. The molecular formula is C18H24ClN3O3. The van der Waals surface area contributed by atoms with E-state index >= 15 is 0 Å². The fourth-order valence-corrected chi connectivity index (χ4v) is 3.98. The first-order valence-electron chi connectivity index (χ1n) is 8.60. The van der Waals surface area contributed by atoms with Gasteiger partial charge in [-0.3, -0.25) is 0 Å². The van der Waals surface area contributed by atoms with Crippen LogP contribution in [0.5, 0.6) is 11.5 Å². The quantitative estimate of drug-likeness (QED) is 0.889. The number of benzene rings is 1. The summed E-state index contributed by atoms with van der Waals surface area (Å²) in [6.07, 6.45) is 6.33. The second-order valence-electron chi connectivity index (χ2n) is 6.63. The highest BCUT2D eigenvalue weighted by Crippen LogP contribution is 2.39. The van der Waals surface area contributed by atoms with E-state index in [0.717, 1.165) is 17.9 Å². The molecule has 25 heavy (non-hydrogen) atoms. The number of hydrogen-bond donors (Lipinski definition) is 1. The highest BCUT2D eigenvalue weighted by atomic mass is 35.5. The predicted molar refractivity (Wildman–Crippen MR) is 96.3 cm³/mol. The van der Waals surface area contributed by atoms with Crippen molar-refractivity contribution in [1.82, 2.24) is 15.5 Å². The van der Waals surface area contributed by atoms with Crippen LogP contribution in [0.3, 0.4) is 0 Å². The summed E-state index contributed by atoms with van der Waals surface area (Å²) in [5, 5.41) is 7.83. The van der Waals surface area contributed by atoms with Crippen molar-refractivity contribution in [3.63, 3.8) is 0 Å². The first kappa shape index (κ1) is 18.0. The van der Waals surface area contributed by atoms with Crippen LogP contribution in [0, 0.1) is 5.92 Å². The molecule has 2 fully saturated rings. The van der Waals surface area contributed by atoms with Crippen molar-refractivity contribution in [2.24, 2.45) is 5.92 Å². The summed E-state index contributed by atoms with van der Waals surface area (Å²) in [6, 6.07) is 6.43. The van der Waals surface area contributed by atoms with Crippen molar-refractivity contribution in [3.8, 4) is 22.9 Å². The Kier molecular flexibility index (Phi) is 5.49. The molecule has 3 atom stereocenters. The Hall–Kier alpha value is -1.79. The third-order valence-corrected chi connectivity index (χ3v) is 5.24. The van der Waals surface area contributed by atoms with Crippen molar-refractivity contribution in [2.75, 3.05) is 14.2 Å². The fraction of sp³-hybridized carbons (Fsp3) is 0.556. The first-order chi connectivity index (χ1) is 11.8. The summed E-state index contributed by atoms with van der Waals surface area (Å²) in [7, 11) is 3.24. The zero-order chi connectivity index (χ0) is 16.5. The van der Waals surface area contributed by atoms with Gasteiger partial charge < -0.3 is 19.3 Å². The van der Waals surface area contributed by atoms with Crippen LogP contribution >= 0.6 is 12.4 Å². The number of halogens is 1. The van der Waals surface area contributed by atoms with Crippen LogP contribution in [0.1, 0.15) is 44.0 Å². The van der Waals surface area contributed by atoms with Gasteiger partial charge in [-0.2, -0.15) is 4.98 Å². The molecule has 2 aliphatic rings. The number of aromatic nitrogens is 2. The molecule has 3 unspecified atom stereocenters. The smallest absolute Gasteiger partial charge is 0.244 e. The largest absolute Gasteiger partial charge is 0.493 e. The Morgan fingerprint density at radius 1 is 1.12 bits per heavy atom. The summed E-state index contributed by atoms with van der Waals surface area (Å²) >= 11 is 0. The number of hydrogen-bond acceptors (Lipinski definition) is 6. The topological polar surface area (TPSA) is 69.4 Å². The molecular weight excluding hydrogens is 342 g/mol. The van der Waals surface area contributed by atoms with Crippen LogP contribution in [0.25, 0.3) is 11.4 Å². The molecule has 1 saturated carbocycles. The van der Waals surface area contributed by atoms with Gasteiger partial charge in [-0.25, -0.2) is 0 Å². The Balaban J connectivity index is 0.00000182. The summed E-state index contributed by atoms with van der Waals surface area (Å²) in [4.78, 5) is 4.61. The second-order valence-corrected chi connectivity index (χ2v) is 6.63. The summed E-state index contributed by atoms with van der Waals surface area (Å²) in [6.45, 7) is 0. The minimum absolute atomic E-state index is 0. The summed E-state index contributed by atoms with van der Waals surface area (Å²) in [5.41, 5.74) is 0.859. The SMILES string of the molecule is COc1ccc(-c2noc(C3CC4CCCCC4N3)n2)cc1OC.Cl. The lowest BCUT2D eigenvalue weighted by Gasteiger charge is -2.24. The molecule has 7 heteroatoms. The van der Waals surface area contributed by atoms with E-state index in [1.807, 2.05) is 18.2 Å². The third kappa shape index (κ3) is 3.46. The lowest BCUT2D eigenvalue weighted by Crippen LogP contribution is -2.30. The van der Waals surface area contributed by atoms with E-state index in [1.54, 1.807) is 14.2 Å². The number of ether oxygens (including phenoxy) is 2. The molecule has 6 nitrogen and oxygen atoms in total. The van der Waals surface area contributed by atoms with Crippen molar-refractivity contribution in [2.45, 2.75) is 44.2 Å². The summed E-state index contributed by atoms with van der Waals surface area (Å²) in [5.74, 6) is 3.37. The number of methoxy groups -OCH3 is 2. The van der Waals surface area contributed by atoms with Crippen molar-refractivity contribution in [3.05, 3.63) is 24.1 Å². The summed E-state index contributed by atoms with van der Waals surface area (Å²) < 4.78 is 16.2. The van der Waals surface area contributed by atoms with E-state index in [-0.39, 0.29) is 18.4 Å². The zero-order valence-electron chi connectivity index (χ0n) is 14.5. The number of rotatable bonds is 4. The van der Waals surface area contributed by atoms with Crippen LogP contribution in [-0.2, 0) is 0 Å². The van der Waals surface area contributed by atoms with Gasteiger partial charge in [-0.15, -0.1) is 12.4 Å². The van der Waals surface area contributed by atoms with E-state index in [4.69, 9.17) is 14.0 Å². The molecule has 1 saturated heterocycles. The number of nitrogens with zero attached hydrogens (tertiary/aromatic N) is 2. The molecule has 0 amide bonds. The Labute approximate surface area is 153 Å². The molecule has 0 spiro atoms. The zero-order valence-corrected chi connectivity index (χ0v) is 15.3. The standard InChI is InChI=1S/C18H23N3O3.ClH/c1-22-15-8-7-12(10-16(15)23-2)17-20-18(24-21-17)14-9-11-5-3-4-6-13(11)19-14;/h7-8,10-11,13-14,19H,3-6,9H2,1-2H3;1H. The van der Waals surface area contributed by atoms with Gasteiger partial charge in [0.05, 0.1) is 20.3 Å². The maximum absolute atomic E-state index is 5.54. The lowest BCUT2D eigenvalue weighted by molar-refractivity contribution is 0.324. The third-order valence-electron chi connectivity index (χ3n) is 5.24. The van der Waals surface area contributed by atoms with Crippen LogP contribution in [0.2, 0.25) is 0 Å². The minimum Gasteiger partial charge on any atom is -0.493 e. The molecule has 4 rings (SSSR count). The number of fused-ring (bicyclic) bond motifs is 1. The maximum Gasteiger partial charge on any atom is 0.244 e. The van der Waals surface area contributed by atoms with Gasteiger partial charge in [0.25, 0.3) is 0 Å². The first-order valence-corrected chi connectivity index (χ1v) is 8.60. The average molecular weight is 366 g/mol. The van der Waals surface area contributed by atoms with Gasteiger partial charge in [0.1, 0.15) is 0 Å². The molecule has 2 heterocycles. The number of nitrogens with one attached hydrogen (secondary N) is 1. The Morgan fingerprint density at radius 2 is 1.92 bits per heavy atom. The molecule has 1 aliphatic heterocycles. The van der Waals surface area contributed by atoms with Crippen molar-refractivity contribution in [1.29, 1.82) is 0 Å². The monoisotopic (exact) mass is 365 g/mol. The lowest BCUT2D eigenvalue weighted by atomic mass is 9.85. The van der Waals surface area contributed by atoms with Gasteiger partial charge in [0, 0.05) is 11.6 Å². The highest BCUT2D eigenvalue weighted by Gasteiger charge is 2.38. The normalized spacial score (nSPS) is 25.1. The van der Waals surface area contributed by atoms with E-state index in [0.29, 0.717) is 29.3 Å². The maximum atomic E-state index is 5.54. The molecule has 1 aromatic carbocycles.